The van der Waals surface area contributed by atoms with Gasteiger partial charge in [-0.15, -0.1) is 11.3 Å². The van der Waals surface area contributed by atoms with Crippen molar-refractivity contribution >= 4 is 38.9 Å². The van der Waals surface area contributed by atoms with Crippen LogP contribution in [0.2, 0.25) is 4.34 Å². The predicted octanol–water partition coefficient (Wildman–Crippen LogP) is 2.25. The van der Waals surface area contributed by atoms with Crippen LogP contribution < -0.4 is 5.32 Å². The Labute approximate surface area is 125 Å². The third-order valence-electron chi connectivity index (χ3n) is 3.76. The normalized spacial score (nSPS) is 23.2. The summed E-state index contributed by atoms with van der Waals surface area (Å²) in [6.07, 6.45) is 0. The fraction of sp³-hybridized carbons (Fsp3) is 0.667. The zero-order valence-corrected chi connectivity index (χ0v) is 13.3. The van der Waals surface area contributed by atoms with Crippen molar-refractivity contribution in [3.05, 3.63) is 19.8 Å². The smallest absolute Gasteiger partial charge is 0.107 e. The van der Waals surface area contributed by atoms with Gasteiger partial charge in [0.15, 0.2) is 0 Å². The largest absolute Gasteiger partial charge is 0.314 e. The van der Waals surface area contributed by atoms with E-state index in [1.165, 1.54) is 44.1 Å². The van der Waals surface area contributed by atoms with Gasteiger partial charge in [0, 0.05) is 61.2 Å². The van der Waals surface area contributed by atoms with Gasteiger partial charge in [-0.05, 0) is 22.0 Å². The van der Waals surface area contributed by atoms with Gasteiger partial charge in [-0.3, -0.25) is 9.80 Å². The number of piperazine rings is 1. The van der Waals surface area contributed by atoms with Crippen LogP contribution in [-0.4, -0.2) is 55.1 Å². The van der Waals surface area contributed by atoms with Gasteiger partial charge in [-0.2, -0.15) is 0 Å². The predicted molar refractivity (Wildman–Crippen MR) is 80.5 cm³/mol. The van der Waals surface area contributed by atoms with E-state index in [1.807, 2.05) is 0 Å². The molecule has 18 heavy (non-hydrogen) atoms. The fourth-order valence-corrected chi connectivity index (χ4v) is 4.34. The molecule has 6 heteroatoms. The van der Waals surface area contributed by atoms with Crippen LogP contribution in [0.15, 0.2) is 10.5 Å². The van der Waals surface area contributed by atoms with Gasteiger partial charge in [0.2, 0.25) is 0 Å². The number of rotatable bonds is 3. The molecule has 2 saturated heterocycles. The van der Waals surface area contributed by atoms with E-state index in [-0.39, 0.29) is 0 Å². The Balaban J connectivity index is 1.50. The van der Waals surface area contributed by atoms with Crippen molar-refractivity contribution in [2.24, 2.45) is 0 Å². The summed E-state index contributed by atoms with van der Waals surface area (Å²) in [5.41, 5.74) is 0. The summed E-state index contributed by atoms with van der Waals surface area (Å²) >= 11 is 11.2. The third-order valence-corrected chi connectivity index (χ3v) is 6.22. The highest BCUT2D eigenvalue weighted by atomic mass is 79.9. The van der Waals surface area contributed by atoms with E-state index in [1.54, 1.807) is 11.3 Å². The Kier molecular flexibility index (Phi) is 4.28. The Morgan fingerprint density at radius 3 is 2.56 bits per heavy atom. The highest BCUT2D eigenvalue weighted by molar-refractivity contribution is 9.10. The van der Waals surface area contributed by atoms with Gasteiger partial charge in [0.05, 0.1) is 0 Å². The van der Waals surface area contributed by atoms with E-state index in [9.17, 15) is 0 Å². The first-order chi connectivity index (χ1) is 8.72. The monoisotopic (exact) mass is 349 g/mol. The zero-order chi connectivity index (χ0) is 12.5. The van der Waals surface area contributed by atoms with Crippen molar-refractivity contribution in [3.8, 4) is 0 Å². The first-order valence-corrected chi connectivity index (χ1v) is 8.32. The number of thiophene rings is 1. The Hall–Kier alpha value is 0.350. The van der Waals surface area contributed by atoms with E-state index in [0.717, 1.165) is 21.4 Å². The molecule has 0 amide bonds. The van der Waals surface area contributed by atoms with Gasteiger partial charge >= 0.3 is 0 Å². The van der Waals surface area contributed by atoms with E-state index in [2.05, 4.69) is 37.1 Å². The molecule has 2 aliphatic heterocycles. The van der Waals surface area contributed by atoms with Crippen LogP contribution in [0.25, 0.3) is 0 Å². The van der Waals surface area contributed by atoms with Crippen molar-refractivity contribution in [1.29, 1.82) is 0 Å². The molecule has 0 saturated carbocycles. The minimum atomic E-state index is 0.789. The van der Waals surface area contributed by atoms with Crippen LogP contribution in [0.1, 0.15) is 4.88 Å². The fourth-order valence-electron chi connectivity index (χ4n) is 2.51. The summed E-state index contributed by atoms with van der Waals surface area (Å²) in [5.74, 6) is 0. The minimum absolute atomic E-state index is 0.789. The van der Waals surface area contributed by atoms with Crippen LogP contribution >= 0.6 is 38.9 Å². The van der Waals surface area contributed by atoms with Crippen molar-refractivity contribution in [1.82, 2.24) is 15.1 Å². The van der Waals surface area contributed by atoms with Crippen LogP contribution in [0, 0.1) is 0 Å². The van der Waals surface area contributed by atoms with Crippen molar-refractivity contribution in [2.45, 2.75) is 12.6 Å². The SMILES string of the molecule is Clc1sc(CN2CCN(C3CNC3)CC2)cc1Br. The molecule has 0 spiro atoms. The molecule has 0 bridgehead atoms. The number of hydrogen-bond acceptors (Lipinski definition) is 4. The molecular weight excluding hydrogens is 334 g/mol. The van der Waals surface area contributed by atoms with Gasteiger partial charge in [0.25, 0.3) is 0 Å². The Morgan fingerprint density at radius 1 is 1.33 bits per heavy atom. The van der Waals surface area contributed by atoms with Crippen molar-refractivity contribution in [2.75, 3.05) is 39.3 Å². The molecule has 0 aromatic carbocycles. The molecule has 2 aliphatic rings. The highest BCUT2D eigenvalue weighted by Crippen LogP contribution is 2.32. The number of nitrogens with one attached hydrogen (secondary N) is 1. The average molecular weight is 351 g/mol. The molecule has 0 aliphatic carbocycles. The summed E-state index contributed by atoms with van der Waals surface area (Å²) in [6, 6.07) is 2.94. The first kappa shape index (κ1) is 13.3. The molecular formula is C12H17BrClN3S. The molecule has 0 atom stereocenters. The zero-order valence-electron chi connectivity index (χ0n) is 10.2. The molecule has 0 radical (unpaired) electrons. The molecule has 100 valence electrons. The second-order valence-corrected chi connectivity index (χ2v) is 7.55. The summed E-state index contributed by atoms with van der Waals surface area (Å²) in [6.45, 7) is 8.13. The maximum atomic E-state index is 6.08. The Bertz CT molecular complexity index is 394. The van der Waals surface area contributed by atoms with Gasteiger partial charge in [0.1, 0.15) is 4.34 Å². The quantitative estimate of drug-likeness (QED) is 0.902. The topological polar surface area (TPSA) is 18.5 Å². The third kappa shape index (κ3) is 2.92. The first-order valence-electron chi connectivity index (χ1n) is 6.33. The average Bonchev–Trinajstić information content (AvgIpc) is 2.58. The summed E-state index contributed by atoms with van der Waals surface area (Å²) < 4.78 is 1.90. The molecule has 3 nitrogen and oxygen atoms in total. The molecule has 3 rings (SSSR count). The lowest BCUT2D eigenvalue weighted by molar-refractivity contribution is 0.0700. The summed E-state index contributed by atoms with van der Waals surface area (Å²) in [5, 5.41) is 3.35. The van der Waals surface area contributed by atoms with Crippen LogP contribution in [0.3, 0.4) is 0 Å². The molecule has 0 unspecified atom stereocenters. The lowest BCUT2D eigenvalue weighted by Gasteiger charge is -2.43. The maximum absolute atomic E-state index is 6.08. The van der Waals surface area contributed by atoms with Gasteiger partial charge in [-0.25, -0.2) is 0 Å². The minimum Gasteiger partial charge on any atom is -0.314 e. The lowest BCUT2D eigenvalue weighted by Crippen LogP contribution is -2.61. The Morgan fingerprint density at radius 2 is 2.06 bits per heavy atom. The van der Waals surface area contributed by atoms with Crippen molar-refractivity contribution < 1.29 is 0 Å². The van der Waals surface area contributed by atoms with Crippen LogP contribution in [0.5, 0.6) is 0 Å². The van der Waals surface area contributed by atoms with Crippen LogP contribution in [0.4, 0.5) is 0 Å². The maximum Gasteiger partial charge on any atom is 0.107 e. The molecule has 1 aromatic heterocycles. The van der Waals surface area contributed by atoms with Gasteiger partial charge < -0.3 is 5.32 Å². The molecule has 3 heterocycles. The summed E-state index contributed by atoms with van der Waals surface area (Å²) in [7, 11) is 0. The van der Waals surface area contributed by atoms with Crippen molar-refractivity contribution in [3.63, 3.8) is 0 Å². The second kappa shape index (κ2) is 5.77. The highest BCUT2D eigenvalue weighted by Gasteiger charge is 2.27. The van der Waals surface area contributed by atoms with E-state index >= 15 is 0 Å². The summed E-state index contributed by atoms with van der Waals surface area (Å²) in [4.78, 5) is 6.49. The number of nitrogens with zero attached hydrogens (tertiary/aromatic N) is 2. The molecule has 1 aromatic rings. The lowest BCUT2D eigenvalue weighted by atomic mass is 10.1. The van der Waals surface area contributed by atoms with Crippen LogP contribution in [-0.2, 0) is 6.54 Å². The van der Waals surface area contributed by atoms with E-state index < -0.39 is 0 Å². The standard InChI is InChI=1S/C12H17BrClN3S/c13-11-5-10(18-12(11)14)8-16-1-3-17(4-2-16)9-6-15-7-9/h5,9,15H,1-4,6-8H2. The number of halogens is 2. The molecule has 1 N–H and O–H groups in total. The molecule has 2 fully saturated rings. The van der Waals surface area contributed by atoms with E-state index in [4.69, 9.17) is 11.6 Å². The van der Waals surface area contributed by atoms with E-state index in [0.29, 0.717) is 0 Å². The second-order valence-electron chi connectivity index (χ2n) is 4.96. The number of hydrogen-bond donors (Lipinski definition) is 1. The van der Waals surface area contributed by atoms with Gasteiger partial charge in [-0.1, -0.05) is 11.6 Å².